The molecule has 0 aliphatic carbocycles. The normalized spacial score (nSPS) is 10.7. The van der Waals surface area contributed by atoms with E-state index in [0.717, 1.165) is 0 Å². The van der Waals surface area contributed by atoms with Crippen LogP contribution in [0.25, 0.3) is 11.0 Å². The molecule has 1 heterocycles. The Kier molecular flexibility index (Phi) is 3.27. The van der Waals surface area contributed by atoms with Crippen molar-refractivity contribution in [2.24, 2.45) is 0 Å². The van der Waals surface area contributed by atoms with Crippen LogP contribution in [0.1, 0.15) is 15.9 Å². The van der Waals surface area contributed by atoms with E-state index >= 15 is 0 Å². The zero-order valence-corrected chi connectivity index (χ0v) is 11.1. The number of H-pyrrole nitrogens is 1. The third-order valence-corrected chi connectivity index (χ3v) is 3.12. The van der Waals surface area contributed by atoms with Crippen LogP contribution in [0.15, 0.2) is 42.5 Å². The lowest BCUT2D eigenvalue weighted by Crippen LogP contribution is -2.23. The molecule has 0 saturated carbocycles. The molecule has 0 spiro atoms. The van der Waals surface area contributed by atoms with Gasteiger partial charge in [-0.15, -0.1) is 0 Å². The molecular weight excluding hydrogens is 271 g/mol. The molecule has 0 bridgehead atoms. The lowest BCUT2D eigenvalue weighted by Gasteiger charge is -2.06. The first-order valence-corrected chi connectivity index (χ1v) is 6.40. The molecule has 0 aliphatic rings. The maximum Gasteiger partial charge on any atom is 0.253 e. The highest BCUT2D eigenvalue weighted by molar-refractivity contribution is 6.05. The number of aromatic nitrogens is 2. The Labute approximate surface area is 120 Å². The van der Waals surface area contributed by atoms with Crippen molar-refractivity contribution in [1.29, 1.82) is 0 Å². The fourth-order valence-corrected chi connectivity index (χ4v) is 2.16. The van der Waals surface area contributed by atoms with Crippen molar-refractivity contribution in [3.63, 3.8) is 0 Å². The number of para-hydroxylation sites is 1. The van der Waals surface area contributed by atoms with Gasteiger partial charge in [-0.25, -0.2) is 9.37 Å². The Hall–Kier alpha value is -2.89. The third kappa shape index (κ3) is 2.69. The summed E-state index contributed by atoms with van der Waals surface area (Å²) < 4.78 is 13.1. The Bertz CT molecular complexity index is 812. The second kappa shape index (κ2) is 5.24. The Morgan fingerprint density at radius 1 is 1.29 bits per heavy atom. The molecule has 3 rings (SSSR count). The Morgan fingerprint density at radius 3 is 2.90 bits per heavy atom. The maximum atomic E-state index is 13.1. The number of fused-ring (bicyclic) bond motifs is 1. The van der Waals surface area contributed by atoms with Crippen LogP contribution in [-0.4, -0.2) is 15.9 Å². The quantitative estimate of drug-likeness (QED) is 0.689. The van der Waals surface area contributed by atoms with E-state index in [1.165, 1.54) is 12.1 Å². The van der Waals surface area contributed by atoms with Crippen LogP contribution in [0.3, 0.4) is 0 Å². The zero-order chi connectivity index (χ0) is 14.8. The van der Waals surface area contributed by atoms with Crippen LogP contribution in [0, 0.1) is 5.82 Å². The molecule has 6 heteroatoms. The van der Waals surface area contributed by atoms with E-state index in [1.807, 2.05) is 0 Å². The summed E-state index contributed by atoms with van der Waals surface area (Å²) >= 11 is 0. The van der Waals surface area contributed by atoms with Gasteiger partial charge < -0.3 is 16.0 Å². The van der Waals surface area contributed by atoms with Gasteiger partial charge in [0.15, 0.2) is 5.95 Å². The molecule has 0 radical (unpaired) electrons. The summed E-state index contributed by atoms with van der Waals surface area (Å²) in [5.41, 5.74) is 7.94. The van der Waals surface area contributed by atoms with Crippen molar-refractivity contribution in [2.75, 3.05) is 5.73 Å². The van der Waals surface area contributed by atoms with E-state index in [4.69, 9.17) is 5.73 Å². The Balaban J connectivity index is 1.81. The Morgan fingerprint density at radius 2 is 2.10 bits per heavy atom. The predicted molar refractivity (Wildman–Crippen MR) is 78.1 cm³/mol. The third-order valence-electron chi connectivity index (χ3n) is 3.12. The fraction of sp³-hybridized carbons (Fsp3) is 0.0667. The van der Waals surface area contributed by atoms with E-state index in [2.05, 4.69) is 15.3 Å². The molecular formula is C15H13FN4O. The fourth-order valence-electron chi connectivity index (χ4n) is 2.16. The highest BCUT2D eigenvalue weighted by Crippen LogP contribution is 2.17. The molecule has 4 N–H and O–H groups in total. The van der Waals surface area contributed by atoms with Crippen LogP contribution in [0.5, 0.6) is 0 Å². The number of carbonyl (C=O) groups is 1. The average Bonchev–Trinajstić information content (AvgIpc) is 2.84. The number of halogens is 1. The second-order valence-electron chi connectivity index (χ2n) is 4.64. The predicted octanol–water partition coefficient (Wildman–Crippen LogP) is 2.21. The first-order chi connectivity index (χ1) is 10.1. The molecule has 5 nitrogen and oxygen atoms in total. The van der Waals surface area contributed by atoms with E-state index in [-0.39, 0.29) is 24.2 Å². The SMILES string of the molecule is Nc1nc2c(C(=O)NCc3cccc(F)c3)cccc2[nH]1. The highest BCUT2D eigenvalue weighted by atomic mass is 19.1. The summed E-state index contributed by atoms with van der Waals surface area (Å²) in [6.07, 6.45) is 0. The van der Waals surface area contributed by atoms with Gasteiger partial charge in [-0.3, -0.25) is 4.79 Å². The topological polar surface area (TPSA) is 83.8 Å². The van der Waals surface area contributed by atoms with Crippen LogP contribution in [-0.2, 0) is 6.54 Å². The monoisotopic (exact) mass is 284 g/mol. The van der Waals surface area contributed by atoms with Crippen molar-refractivity contribution in [3.05, 3.63) is 59.4 Å². The molecule has 1 aromatic heterocycles. The summed E-state index contributed by atoms with van der Waals surface area (Å²) in [5.74, 6) is -0.351. The van der Waals surface area contributed by atoms with Gasteiger partial charge in [0.2, 0.25) is 0 Å². The number of hydrogen-bond donors (Lipinski definition) is 3. The van der Waals surface area contributed by atoms with Gasteiger partial charge in [-0.2, -0.15) is 0 Å². The number of rotatable bonds is 3. The smallest absolute Gasteiger partial charge is 0.253 e. The lowest BCUT2D eigenvalue weighted by molar-refractivity contribution is 0.0952. The number of nitrogens with one attached hydrogen (secondary N) is 2. The molecule has 0 saturated heterocycles. The number of hydrogen-bond acceptors (Lipinski definition) is 3. The largest absolute Gasteiger partial charge is 0.369 e. The maximum absolute atomic E-state index is 13.1. The summed E-state index contributed by atoms with van der Waals surface area (Å²) in [4.78, 5) is 19.2. The molecule has 0 fully saturated rings. The van der Waals surface area contributed by atoms with Gasteiger partial charge in [0.05, 0.1) is 11.1 Å². The van der Waals surface area contributed by atoms with Crippen molar-refractivity contribution in [3.8, 4) is 0 Å². The summed E-state index contributed by atoms with van der Waals surface area (Å²) in [5, 5.41) is 2.74. The van der Waals surface area contributed by atoms with Gasteiger partial charge in [0, 0.05) is 6.54 Å². The number of nitrogens with zero attached hydrogens (tertiary/aromatic N) is 1. The van der Waals surface area contributed by atoms with Gasteiger partial charge in [0.25, 0.3) is 5.91 Å². The van der Waals surface area contributed by atoms with E-state index in [9.17, 15) is 9.18 Å². The van der Waals surface area contributed by atoms with Gasteiger partial charge in [-0.05, 0) is 29.8 Å². The minimum atomic E-state index is -0.330. The zero-order valence-electron chi connectivity index (χ0n) is 11.1. The van der Waals surface area contributed by atoms with Gasteiger partial charge in [0.1, 0.15) is 11.3 Å². The molecule has 1 amide bonds. The minimum absolute atomic E-state index is 0.243. The summed E-state index contributed by atoms with van der Waals surface area (Å²) in [7, 11) is 0. The lowest BCUT2D eigenvalue weighted by atomic mass is 10.1. The molecule has 21 heavy (non-hydrogen) atoms. The van der Waals surface area contributed by atoms with Gasteiger partial charge >= 0.3 is 0 Å². The molecule has 106 valence electrons. The number of aromatic amines is 1. The van der Waals surface area contributed by atoms with Crippen LogP contribution in [0.4, 0.5) is 10.3 Å². The first kappa shape index (κ1) is 13.1. The number of nitrogen functional groups attached to an aromatic ring is 1. The molecule has 2 aromatic carbocycles. The van der Waals surface area contributed by atoms with Crippen molar-refractivity contribution < 1.29 is 9.18 Å². The number of anilines is 1. The second-order valence-corrected chi connectivity index (χ2v) is 4.64. The van der Waals surface area contributed by atoms with Crippen molar-refractivity contribution in [2.45, 2.75) is 6.54 Å². The van der Waals surface area contributed by atoms with Crippen molar-refractivity contribution in [1.82, 2.24) is 15.3 Å². The van der Waals surface area contributed by atoms with Crippen LogP contribution >= 0.6 is 0 Å². The molecule has 3 aromatic rings. The first-order valence-electron chi connectivity index (χ1n) is 6.40. The van der Waals surface area contributed by atoms with Gasteiger partial charge in [-0.1, -0.05) is 18.2 Å². The number of benzene rings is 2. The minimum Gasteiger partial charge on any atom is -0.369 e. The van der Waals surface area contributed by atoms with Crippen LogP contribution < -0.4 is 11.1 Å². The van der Waals surface area contributed by atoms with E-state index < -0.39 is 0 Å². The number of nitrogens with two attached hydrogens (primary N) is 1. The highest BCUT2D eigenvalue weighted by Gasteiger charge is 2.12. The number of imidazole rings is 1. The van der Waals surface area contributed by atoms with E-state index in [0.29, 0.717) is 22.2 Å². The average molecular weight is 284 g/mol. The molecule has 0 aliphatic heterocycles. The number of carbonyl (C=O) groups excluding carboxylic acids is 1. The van der Waals surface area contributed by atoms with E-state index in [1.54, 1.807) is 30.3 Å². The summed E-state index contributed by atoms with van der Waals surface area (Å²) in [6, 6.07) is 11.3. The standard InChI is InChI=1S/C15H13FN4O/c16-10-4-1-3-9(7-10)8-18-14(21)11-5-2-6-12-13(11)20-15(17)19-12/h1-7H,8H2,(H,18,21)(H3,17,19,20). The molecule has 0 unspecified atom stereocenters. The molecule has 0 atom stereocenters. The number of amides is 1. The van der Waals surface area contributed by atoms with Crippen molar-refractivity contribution >= 4 is 22.9 Å². The van der Waals surface area contributed by atoms with Crippen LogP contribution in [0.2, 0.25) is 0 Å². The summed E-state index contributed by atoms with van der Waals surface area (Å²) in [6.45, 7) is 0.243.